The highest BCUT2D eigenvalue weighted by molar-refractivity contribution is 7.99. The number of nitrogens with two attached hydrogens (primary N) is 1. The molecular weight excluding hydrogens is 226 g/mol. The van der Waals surface area contributed by atoms with Crippen molar-refractivity contribution < 1.29 is 0 Å². The number of hydrogen-bond donors (Lipinski definition) is 1. The third-order valence-corrected chi connectivity index (χ3v) is 4.02. The van der Waals surface area contributed by atoms with Crippen LogP contribution in [0.2, 0.25) is 0 Å². The fraction of sp³-hybridized carbons (Fsp3) is 0.200. The lowest BCUT2D eigenvalue weighted by Crippen LogP contribution is -1.98. The molecule has 0 aliphatic rings. The van der Waals surface area contributed by atoms with E-state index in [1.165, 1.54) is 26.5 Å². The first-order valence-electron chi connectivity index (χ1n) is 5.74. The lowest BCUT2D eigenvalue weighted by atomic mass is 10.1. The Labute approximate surface area is 107 Å². The van der Waals surface area contributed by atoms with Gasteiger partial charge in [-0.25, -0.2) is 0 Å². The first-order valence-corrected chi connectivity index (χ1v) is 6.55. The molecule has 1 nitrogen and oxygen atoms in total. The average Bonchev–Trinajstić information content (AvgIpc) is 2.32. The van der Waals surface area contributed by atoms with Crippen molar-refractivity contribution in [2.24, 2.45) is 5.73 Å². The normalized spacial score (nSPS) is 10.5. The monoisotopic (exact) mass is 243 g/mol. The van der Waals surface area contributed by atoms with Crippen LogP contribution in [0.1, 0.15) is 16.7 Å². The number of hydrogen-bond acceptors (Lipinski definition) is 2. The van der Waals surface area contributed by atoms with Gasteiger partial charge < -0.3 is 5.73 Å². The lowest BCUT2D eigenvalue weighted by Gasteiger charge is -2.08. The molecule has 2 aromatic carbocycles. The molecule has 0 amide bonds. The van der Waals surface area contributed by atoms with Crippen LogP contribution in [0.25, 0.3) is 0 Å². The summed E-state index contributed by atoms with van der Waals surface area (Å²) in [6, 6.07) is 14.9. The maximum Gasteiger partial charge on any atom is 0.0180 e. The predicted molar refractivity (Wildman–Crippen MR) is 74.4 cm³/mol. The van der Waals surface area contributed by atoms with Gasteiger partial charge in [-0.05, 0) is 48.7 Å². The second-order valence-corrected chi connectivity index (χ2v) is 5.28. The largest absolute Gasteiger partial charge is 0.326 e. The summed E-state index contributed by atoms with van der Waals surface area (Å²) in [5.74, 6) is 0. The Morgan fingerprint density at radius 2 is 1.76 bits per heavy atom. The van der Waals surface area contributed by atoms with Crippen LogP contribution in [0.3, 0.4) is 0 Å². The standard InChI is InChI=1S/C15H17NS/c1-11-5-3-4-6-15(11)17-14-8-7-13(10-16)12(2)9-14/h3-9H,10,16H2,1-2H3. The molecule has 2 rings (SSSR count). The van der Waals surface area contributed by atoms with Crippen molar-refractivity contribution in [1.29, 1.82) is 0 Å². The van der Waals surface area contributed by atoms with E-state index in [9.17, 15) is 0 Å². The predicted octanol–water partition coefficient (Wildman–Crippen LogP) is 3.91. The van der Waals surface area contributed by atoms with E-state index in [1.54, 1.807) is 11.8 Å². The Balaban J connectivity index is 2.25. The molecule has 0 saturated heterocycles. The minimum atomic E-state index is 0.612. The van der Waals surface area contributed by atoms with Gasteiger partial charge in [0, 0.05) is 16.3 Å². The Morgan fingerprint density at radius 1 is 1.00 bits per heavy atom. The second kappa shape index (κ2) is 5.39. The van der Waals surface area contributed by atoms with Crippen LogP contribution in [0.4, 0.5) is 0 Å². The zero-order valence-electron chi connectivity index (χ0n) is 10.2. The van der Waals surface area contributed by atoms with E-state index in [1.807, 2.05) is 0 Å². The molecule has 2 heteroatoms. The van der Waals surface area contributed by atoms with Crippen LogP contribution in [-0.4, -0.2) is 0 Å². The summed E-state index contributed by atoms with van der Waals surface area (Å²) in [5.41, 5.74) is 9.48. The van der Waals surface area contributed by atoms with Crippen LogP contribution in [0.5, 0.6) is 0 Å². The fourth-order valence-electron chi connectivity index (χ4n) is 1.76. The molecule has 0 bridgehead atoms. The van der Waals surface area contributed by atoms with Gasteiger partial charge in [0.1, 0.15) is 0 Å². The topological polar surface area (TPSA) is 26.0 Å². The highest BCUT2D eigenvalue weighted by atomic mass is 32.2. The van der Waals surface area contributed by atoms with E-state index in [4.69, 9.17) is 5.73 Å². The van der Waals surface area contributed by atoms with E-state index in [-0.39, 0.29) is 0 Å². The van der Waals surface area contributed by atoms with Gasteiger partial charge in [0.05, 0.1) is 0 Å². The van der Waals surface area contributed by atoms with Crippen LogP contribution in [0.15, 0.2) is 52.3 Å². The molecule has 2 N–H and O–H groups in total. The van der Waals surface area contributed by atoms with E-state index in [0.29, 0.717) is 6.54 Å². The Morgan fingerprint density at radius 3 is 2.41 bits per heavy atom. The Hall–Kier alpha value is -1.25. The van der Waals surface area contributed by atoms with Gasteiger partial charge in [0.2, 0.25) is 0 Å². The third-order valence-electron chi connectivity index (χ3n) is 2.86. The van der Waals surface area contributed by atoms with Crippen molar-refractivity contribution >= 4 is 11.8 Å². The lowest BCUT2D eigenvalue weighted by molar-refractivity contribution is 1.04. The van der Waals surface area contributed by atoms with Crippen LogP contribution in [0, 0.1) is 13.8 Å². The minimum absolute atomic E-state index is 0.612. The van der Waals surface area contributed by atoms with Crippen molar-refractivity contribution in [3.63, 3.8) is 0 Å². The molecule has 0 spiro atoms. The van der Waals surface area contributed by atoms with Gasteiger partial charge in [-0.15, -0.1) is 0 Å². The molecule has 2 aromatic rings. The third kappa shape index (κ3) is 2.90. The molecular formula is C15H17NS. The van der Waals surface area contributed by atoms with Gasteiger partial charge in [0.25, 0.3) is 0 Å². The maximum atomic E-state index is 5.67. The summed E-state index contributed by atoms with van der Waals surface area (Å²) in [4.78, 5) is 2.58. The van der Waals surface area contributed by atoms with Crippen LogP contribution < -0.4 is 5.73 Å². The fourth-order valence-corrected chi connectivity index (χ4v) is 2.76. The Bertz CT molecular complexity index is 520. The smallest absolute Gasteiger partial charge is 0.0180 e. The summed E-state index contributed by atoms with van der Waals surface area (Å²) >= 11 is 1.81. The summed E-state index contributed by atoms with van der Waals surface area (Å²) in [6.07, 6.45) is 0. The van der Waals surface area contributed by atoms with Crippen LogP contribution in [-0.2, 0) is 6.54 Å². The average molecular weight is 243 g/mol. The van der Waals surface area contributed by atoms with Crippen molar-refractivity contribution in [1.82, 2.24) is 0 Å². The first-order chi connectivity index (χ1) is 8.20. The molecule has 0 heterocycles. The van der Waals surface area contributed by atoms with E-state index >= 15 is 0 Å². The van der Waals surface area contributed by atoms with E-state index in [0.717, 1.165) is 0 Å². The SMILES string of the molecule is Cc1cc(Sc2ccccc2C)ccc1CN. The summed E-state index contributed by atoms with van der Waals surface area (Å²) < 4.78 is 0. The number of benzene rings is 2. The second-order valence-electron chi connectivity index (χ2n) is 4.16. The van der Waals surface area contributed by atoms with Gasteiger partial charge in [-0.1, -0.05) is 36.0 Å². The van der Waals surface area contributed by atoms with Gasteiger partial charge >= 0.3 is 0 Å². The number of rotatable bonds is 3. The first kappa shape index (κ1) is 12.2. The molecule has 88 valence electrons. The molecule has 0 radical (unpaired) electrons. The van der Waals surface area contributed by atoms with E-state index in [2.05, 4.69) is 56.3 Å². The van der Waals surface area contributed by atoms with Gasteiger partial charge in [-0.2, -0.15) is 0 Å². The molecule has 17 heavy (non-hydrogen) atoms. The molecule has 0 aromatic heterocycles. The molecule has 0 atom stereocenters. The zero-order chi connectivity index (χ0) is 12.3. The van der Waals surface area contributed by atoms with Crippen LogP contribution >= 0.6 is 11.8 Å². The summed E-state index contributed by atoms with van der Waals surface area (Å²) in [6.45, 7) is 4.87. The zero-order valence-corrected chi connectivity index (χ0v) is 11.1. The van der Waals surface area contributed by atoms with Crippen molar-refractivity contribution in [3.05, 3.63) is 59.2 Å². The number of aryl methyl sites for hydroxylation is 2. The quantitative estimate of drug-likeness (QED) is 0.884. The minimum Gasteiger partial charge on any atom is -0.326 e. The maximum absolute atomic E-state index is 5.67. The molecule has 0 saturated carbocycles. The van der Waals surface area contributed by atoms with Crippen molar-refractivity contribution in [2.75, 3.05) is 0 Å². The van der Waals surface area contributed by atoms with Crippen molar-refractivity contribution in [2.45, 2.75) is 30.2 Å². The summed E-state index contributed by atoms with van der Waals surface area (Å²) in [7, 11) is 0. The molecule has 0 unspecified atom stereocenters. The van der Waals surface area contributed by atoms with E-state index < -0.39 is 0 Å². The van der Waals surface area contributed by atoms with Gasteiger partial charge in [-0.3, -0.25) is 0 Å². The molecule has 0 fully saturated rings. The highest BCUT2D eigenvalue weighted by Gasteiger charge is 2.02. The Kier molecular flexibility index (Phi) is 3.87. The highest BCUT2D eigenvalue weighted by Crippen LogP contribution is 2.31. The van der Waals surface area contributed by atoms with Gasteiger partial charge in [0.15, 0.2) is 0 Å². The van der Waals surface area contributed by atoms with Crippen molar-refractivity contribution in [3.8, 4) is 0 Å². The molecule has 0 aliphatic carbocycles. The molecule has 0 aliphatic heterocycles. The summed E-state index contributed by atoms with van der Waals surface area (Å²) in [5, 5.41) is 0.